The number of benzene rings is 1. The molecule has 0 saturated carbocycles. The quantitative estimate of drug-likeness (QED) is 0.878. The van der Waals surface area contributed by atoms with E-state index < -0.39 is 12.6 Å². The number of nitrogens with two attached hydrogens (primary N) is 1. The second-order valence-corrected chi connectivity index (χ2v) is 3.91. The summed E-state index contributed by atoms with van der Waals surface area (Å²) in [4.78, 5) is 3.99. The van der Waals surface area contributed by atoms with Gasteiger partial charge in [-0.3, -0.25) is 0 Å². The monoisotopic (exact) mass is 243 g/mol. The Bertz CT molecular complexity index is 543. The molecule has 0 aliphatic heterocycles. The van der Waals surface area contributed by atoms with Gasteiger partial charge in [-0.15, -0.1) is 0 Å². The van der Waals surface area contributed by atoms with Crippen LogP contribution in [-0.4, -0.2) is 15.7 Å². The topological polar surface area (TPSA) is 43.8 Å². The Morgan fingerprint density at radius 2 is 2.06 bits per heavy atom. The molecule has 1 aromatic heterocycles. The van der Waals surface area contributed by atoms with Crippen molar-refractivity contribution < 1.29 is 13.2 Å². The number of imidazole rings is 1. The Morgan fingerprint density at radius 1 is 1.35 bits per heavy atom. The van der Waals surface area contributed by atoms with Gasteiger partial charge in [-0.2, -0.15) is 13.2 Å². The van der Waals surface area contributed by atoms with Gasteiger partial charge in [-0.05, 0) is 17.7 Å². The van der Waals surface area contributed by atoms with E-state index in [9.17, 15) is 13.2 Å². The van der Waals surface area contributed by atoms with Crippen LogP contribution in [-0.2, 0) is 20.0 Å². The fourth-order valence-corrected chi connectivity index (χ4v) is 1.76. The molecule has 17 heavy (non-hydrogen) atoms. The SMILES string of the molecule is Cn1c(CC(F)(F)F)nc2cc(CN)ccc21. The van der Waals surface area contributed by atoms with Crippen LogP contribution in [0.3, 0.4) is 0 Å². The second kappa shape index (κ2) is 4.03. The van der Waals surface area contributed by atoms with E-state index in [2.05, 4.69) is 4.98 Å². The lowest BCUT2D eigenvalue weighted by Crippen LogP contribution is -2.15. The Kier molecular flexibility index (Phi) is 2.82. The van der Waals surface area contributed by atoms with Gasteiger partial charge < -0.3 is 10.3 Å². The molecule has 0 unspecified atom stereocenters. The smallest absolute Gasteiger partial charge is 0.331 e. The van der Waals surface area contributed by atoms with Gasteiger partial charge in [0.05, 0.1) is 11.0 Å². The van der Waals surface area contributed by atoms with Crippen molar-refractivity contribution in [2.45, 2.75) is 19.1 Å². The van der Waals surface area contributed by atoms with E-state index in [1.165, 1.54) is 4.57 Å². The third kappa shape index (κ3) is 2.41. The molecule has 0 spiro atoms. The minimum Gasteiger partial charge on any atom is -0.331 e. The van der Waals surface area contributed by atoms with Crippen LogP contribution in [0.5, 0.6) is 0 Å². The van der Waals surface area contributed by atoms with Crippen molar-refractivity contribution in [1.29, 1.82) is 0 Å². The third-order valence-corrected chi connectivity index (χ3v) is 2.63. The maximum absolute atomic E-state index is 12.3. The molecule has 0 radical (unpaired) electrons. The molecule has 6 heteroatoms. The summed E-state index contributed by atoms with van der Waals surface area (Å²) in [6.45, 7) is 0.348. The summed E-state index contributed by atoms with van der Waals surface area (Å²) in [5, 5.41) is 0. The molecule has 3 nitrogen and oxygen atoms in total. The maximum Gasteiger partial charge on any atom is 0.396 e. The zero-order valence-electron chi connectivity index (χ0n) is 9.25. The van der Waals surface area contributed by atoms with E-state index >= 15 is 0 Å². The van der Waals surface area contributed by atoms with Crippen LogP contribution >= 0.6 is 0 Å². The van der Waals surface area contributed by atoms with Gasteiger partial charge in [0.1, 0.15) is 12.2 Å². The lowest BCUT2D eigenvalue weighted by molar-refractivity contribution is -0.128. The minimum atomic E-state index is -4.24. The number of aryl methyl sites for hydroxylation is 1. The Morgan fingerprint density at radius 3 is 2.65 bits per heavy atom. The normalized spacial score (nSPS) is 12.3. The van der Waals surface area contributed by atoms with Crippen molar-refractivity contribution in [3.63, 3.8) is 0 Å². The van der Waals surface area contributed by atoms with Crippen LogP contribution in [0.4, 0.5) is 13.2 Å². The first-order valence-electron chi connectivity index (χ1n) is 5.12. The summed E-state index contributed by atoms with van der Waals surface area (Å²) in [7, 11) is 1.58. The van der Waals surface area contributed by atoms with E-state index in [0.717, 1.165) is 5.56 Å². The van der Waals surface area contributed by atoms with Gasteiger partial charge in [0.25, 0.3) is 0 Å². The van der Waals surface area contributed by atoms with Crippen molar-refractivity contribution in [2.75, 3.05) is 0 Å². The summed E-state index contributed by atoms with van der Waals surface area (Å²) in [5.74, 6) is 0.0154. The summed E-state index contributed by atoms with van der Waals surface area (Å²) in [6, 6.07) is 5.25. The average Bonchev–Trinajstić information content (AvgIpc) is 2.53. The Labute approximate surface area is 96.0 Å². The molecule has 0 amide bonds. The van der Waals surface area contributed by atoms with E-state index in [1.807, 2.05) is 0 Å². The fourth-order valence-electron chi connectivity index (χ4n) is 1.76. The number of hydrogen-bond donors (Lipinski definition) is 1. The van der Waals surface area contributed by atoms with Crippen molar-refractivity contribution in [3.05, 3.63) is 29.6 Å². The van der Waals surface area contributed by atoms with Crippen LogP contribution in [0, 0.1) is 0 Å². The van der Waals surface area contributed by atoms with Gasteiger partial charge in [-0.1, -0.05) is 6.07 Å². The average molecular weight is 243 g/mol. The van der Waals surface area contributed by atoms with E-state index in [1.54, 1.807) is 25.2 Å². The number of fused-ring (bicyclic) bond motifs is 1. The van der Waals surface area contributed by atoms with Gasteiger partial charge in [0.2, 0.25) is 0 Å². The van der Waals surface area contributed by atoms with Crippen LogP contribution in [0.15, 0.2) is 18.2 Å². The van der Waals surface area contributed by atoms with E-state index in [0.29, 0.717) is 17.6 Å². The lowest BCUT2D eigenvalue weighted by Gasteiger charge is -2.05. The number of alkyl halides is 3. The van der Waals surface area contributed by atoms with Crippen LogP contribution in [0.25, 0.3) is 11.0 Å². The molecule has 92 valence electrons. The summed E-state index contributed by atoms with van der Waals surface area (Å²) >= 11 is 0. The molecular formula is C11H12F3N3. The van der Waals surface area contributed by atoms with Gasteiger partial charge in [0, 0.05) is 13.6 Å². The highest BCUT2D eigenvalue weighted by Gasteiger charge is 2.30. The van der Waals surface area contributed by atoms with Gasteiger partial charge in [0.15, 0.2) is 0 Å². The Hall–Kier alpha value is -1.56. The maximum atomic E-state index is 12.3. The number of hydrogen-bond acceptors (Lipinski definition) is 2. The van der Waals surface area contributed by atoms with E-state index in [4.69, 9.17) is 5.73 Å². The summed E-state index contributed by atoms with van der Waals surface area (Å²) in [6.07, 6.45) is -5.26. The Balaban J connectivity index is 2.49. The summed E-state index contributed by atoms with van der Waals surface area (Å²) in [5.41, 5.74) is 7.56. The molecule has 2 rings (SSSR count). The number of nitrogens with zero attached hydrogens (tertiary/aromatic N) is 2. The number of halogens is 3. The van der Waals surface area contributed by atoms with Gasteiger partial charge in [-0.25, -0.2) is 4.98 Å². The van der Waals surface area contributed by atoms with Crippen LogP contribution < -0.4 is 5.73 Å². The first kappa shape index (κ1) is 11.9. The summed E-state index contributed by atoms with van der Waals surface area (Å²) < 4.78 is 38.4. The van der Waals surface area contributed by atoms with E-state index in [-0.39, 0.29) is 5.82 Å². The largest absolute Gasteiger partial charge is 0.396 e. The molecule has 0 saturated heterocycles. The molecule has 0 fully saturated rings. The van der Waals surface area contributed by atoms with Crippen molar-refractivity contribution in [3.8, 4) is 0 Å². The number of aromatic nitrogens is 2. The number of rotatable bonds is 2. The molecule has 0 aliphatic rings. The van der Waals surface area contributed by atoms with Crippen molar-refractivity contribution in [2.24, 2.45) is 12.8 Å². The fraction of sp³-hybridized carbons (Fsp3) is 0.364. The molecule has 1 aromatic carbocycles. The van der Waals surface area contributed by atoms with Crippen molar-refractivity contribution in [1.82, 2.24) is 9.55 Å². The highest BCUT2D eigenvalue weighted by atomic mass is 19.4. The highest BCUT2D eigenvalue weighted by Crippen LogP contribution is 2.23. The molecule has 0 aliphatic carbocycles. The third-order valence-electron chi connectivity index (χ3n) is 2.63. The zero-order valence-corrected chi connectivity index (χ0v) is 9.25. The standard InChI is InChI=1S/C11H12F3N3/c1-17-9-3-2-7(6-15)4-8(9)16-10(17)5-11(12,13)14/h2-4H,5-6,15H2,1H3. The molecular weight excluding hydrogens is 231 g/mol. The zero-order chi connectivity index (χ0) is 12.6. The predicted octanol–water partition coefficient (Wildman–Crippen LogP) is 2.14. The molecule has 2 aromatic rings. The first-order valence-corrected chi connectivity index (χ1v) is 5.12. The minimum absolute atomic E-state index is 0.0154. The predicted molar refractivity (Wildman–Crippen MR) is 58.4 cm³/mol. The molecule has 1 heterocycles. The molecule has 0 bridgehead atoms. The second-order valence-electron chi connectivity index (χ2n) is 3.91. The van der Waals surface area contributed by atoms with Gasteiger partial charge >= 0.3 is 6.18 Å². The van der Waals surface area contributed by atoms with Crippen LogP contribution in [0.2, 0.25) is 0 Å². The molecule has 2 N–H and O–H groups in total. The highest BCUT2D eigenvalue weighted by molar-refractivity contribution is 5.76. The van der Waals surface area contributed by atoms with Crippen molar-refractivity contribution >= 4 is 11.0 Å². The lowest BCUT2D eigenvalue weighted by atomic mass is 10.2. The first-order chi connectivity index (χ1) is 7.90. The van der Waals surface area contributed by atoms with Crippen LogP contribution in [0.1, 0.15) is 11.4 Å². The molecule has 0 atom stereocenters.